The van der Waals surface area contributed by atoms with Gasteiger partial charge in [-0.25, -0.2) is 0 Å². The zero-order chi connectivity index (χ0) is 42.7. The predicted octanol–water partition coefficient (Wildman–Crippen LogP) is 9.54. The highest BCUT2D eigenvalue weighted by Crippen LogP contribution is 2.32. The van der Waals surface area contributed by atoms with E-state index in [0.29, 0.717) is 0 Å². The lowest BCUT2D eigenvalue weighted by molar-refractivity contribution is -0.322. The van der Waals surface area contributed by atoms with Crippen LogP contribution in [0.1, 0.15) is 126 Å². The van der Waals surface area contributed by atoms with E-state index >= 15 is 0 Å². The summed E-state index contributed by atoms with van der Waals surface area (Å²) in [5, 5.41) is 10.9. The molecule has 1 aliphatic heterocycles. The molecule has 1 unspecified atom stereocenters. The van der Waals surface area contributed by atoms with Gasteiger partial charge in [0, 0.05) is 6.42 Å². The molecule has 1 saturated heterocycles. The standard InChI is InChI=1S/C48H70O11S/c1-2-3-4-5-6-7-8-9-10-11-12-13-14-15-25-32-44(50)54-36-42(49)37-58-48-47(57-35-41-30-23-18-24-31-41)46(56-34-40-28-21-17-22-29-40)45(43(59-48)38-60(51,52)53)55-33-39-26-19-16-20-27-39/h16-24,26-31,42-43,45-49H,2-15,25,32-38H2,1H3,(H,51,52,53)/t42?,43-,45+,46+,47-,48-/m1/s1. The van der Waals surface area contributed by atoms with Gasteiger partial charge in [0.2, 0.25) is 0 Å². The second kappa shape index (κ2) is 29.2. The number of hydrogen-bond donors (Lipinski definition) is 2. The Hall–Kier alpha value is -3.20. The first-order valence-corrected chi connectivity index (χ1v) is 23.8. The van der Waals surface area contributed by atoms with E-state index in [1.165, 1.54) is 77.0 Å². The fraction of sp³-hybridized carbons (Fsp3) is 0.604. The van der Waals surface area contributed by atoms with E-state index in [9.17, 15) is 22.9 Å². The summed E-state index contributed by atoms with van der Waals surface area (Å²) in [5.41, 5.74) is 2.56. The Labute approximate surface area is 359 Å². The van der Waals surface area contributed by atoms with Crippen LogP contribution in [0.5, 0.6) is 0 Å². The largest absolute Gasteiger partial charge is 0.463 e. The van der Waals surface area contributed by atoms with Crippen molar-refractivity contribution < 1.29 is 51.3 Å². The summed E-state index contributed by atoms with van der Waals surface area (Å²) in [7, 11) is -4.56. The normalized spacial score (nSPS) is 19.9. The van der Waals surface area contributed by atoms with Gasteiger partial charge >= 0.3 is 5.97 Å². The SMILES string of the molecule is CCCCCCCCCCCCCCCCCC(=O)OCC(O)CO[C@@H]1O[C@H](CS(=O)(=O)O)[C@H](OCc2ccccc2)[C@H](OCc2ccccc2)[C@H]1OCc1ccccc1. The van der Waals surface area contributed by atoms with E-state index in [-0.39, 0.29) is 45.4 Å². The van der Waals surface area contributed by atoms with Gasteiger partial charge in [-0.2, -0.15) is 8.42 Å². The monoisotopic (exact) mass is 854 g/mol. The topological polar surface area (TPSA) is 147 Å². The molecule has 60 heavy (non-hydrogen) atoms. The molecule has 0 aliphatic carbocycles. The van der Waals surface area contributed by atoms with Gasteiger partial charge in [0.25, 0.3) is 10.1 Å². The maximum Gasteiger partial charge on any atom is 0.305 e. The Morgan fingerprint density at radius 3 is 1.45 bits per heavy atom. The van der Waals surface area contributed by atoms with Crippen LogP contribution in [0.2, 0.25) is 0 Å². The molecule has 3 aromatic carbocycles. The summed E-state index contributed by atoms with van der Waals surface area (Å²) in [4.78, 5) is 12.5. The van der Waals surface area contributed by atoms with Crippen molar-refractivity contribution >= 4 is 16.1 Å². The lowest BCUT2D eigenvalue weighted by Crippen LogP contribution is -2.62. The van der Waals surface area contributed by atoms with E-state index in [4.69, 9.17) is 28.4 Å². The van der Waals surface area contributed by atoms with Gasteiger partial charge in [-0.15, -0.1) is 0 Å². The maximum atomic E-state index is 12.5. The minimum Gasteiger partial charge on any atom is -0.463 e. The van der Waals surface area contributed by atoms with Crippen LogP contribution >= 0.6 is 0 Å². The Morgan fingerprint density at radius 2 is 1.00 bits per heavy atom. The third kappa shape index (κ3) is 20.6. The van der Waals surface area contributed by atoms with Crippen LogP contribution in [-0.4, -0.2) is 79.8 Å². The van der Waals surface area contributed by atoms with Crippen molar-refractivity contribution in [3.05, 3.63) is 108 Å². The third-order valence-electron chi connectivity index (χ3n) is 10.7. The minimum atomic E-state index is -4.56. The first-order chi connectivity index (χ1) is 29.2. The van der Waals surface area contributed by atoms with Gasteiger partial charge in [0.1, 0.15) is 42.9 Å². The summed E-state index contributed by atoms with van der Waals surface area (Å²) in [6, 6.07) is 28.3. The molecule has 2 N–H and O–H groups in total. The summed E-state index contributed by atoms with van der Waals surface area (Å²) in [5.74, 6) is -1.19. The molecule has 0 radical (unpaired) electrons. The van der Waals surface area contributed by atoms with Gasteiger partial charge in [0.05, 0.1) is 26.4 Å². The summed E-state index contributed by atoms with van der Waals surface area (Å²) < 4.78 is 71.8. The number of aliphatic hydroxyl groups excluding tert-OH is 1. The summed E-state index contributed by atoms with van der Waals surface area (Å²) >= 11 is 0. The molecule has 0 amide bonds. The molecule has 3 aromatic rings. The van der Waals surface area contributed by atoms with Crippen LogP contribution in [0.3, 0.4) is 0 Å². The first kappa shape index (κ1) is 49.5. The molecular formula is C48H70O11S. The Bertz CT molecular complexity index is 1640. The van der Waals surface area contributed by atoms with Gasteiger partial charge in [-0.05, 0) is 23.1 Å². The van der Waals surface area contributed by atoms with E-state index in [0.717, 1.165) is 36.0 Å². The third-order valence-corrected chi connectivity index (χ3v) is 11.4. The lowest BCUT2D eigenvalue weighted by atomic mass is 9.98. The molecule has 1 fully saturated rings. The number of unbranched alkanes of at least 4 members (excludes halogenated alkanes) is 14. The molecule has 334 valence electrons. The molecule has 12 heteroatoms. The van der Waals surface area contributed by atoms with Gasteiger partial charge < -0.3 is 33.5 Å². The molecule has 1 heterocycles. The predicted molar refractivity (Wildman–Crippen MR) is 233 cm³/mol. The Morgan fingerprint density at radius 1 is 0.583 bits per heavy atom. The number of hydrogen-bond acceptors (Lipinski definition) is 10. The number of aliphatic hydroxyl groups is 1. The van der Waals surface area contributed by atoms with Crippen molar-refractivity contribution in [2.45, 2.75) is 166 Å². The van der Waals surface area contributed by atoms with Crippen molar-refractivity contribution in [3.8, 4) is 0 Å². The zero-order valence-corrected chi connectivity index (χ0v) is 36.5. The quantitative estimate of drug-likeness (QED) is 0.0352. The Balaban J connectivity index is 1.30. The van der Waals surface area contributed by atoms with Crippen molar-refractivity contribution in [1.82, 2.24) is 0 Å². The van der Waals surface area contributed by atoms with E-state index in [1.54, 1.807) is 0 Å². The smallest absolute Gasteiger partial charge is 0.305 e. The molecule has 0 aromatic heterocycles. The lowest BCUT2D eigenvalue weighted by Gasteiger charge is -2.45. The minimum absolute atomic E-state index is 0.0997. The van der Waals surface area contributed by atoms with E-state index in [2.05, 4.69) is 6.92 Å². The maximum absolute atomic E-state index is 12.5. The second-order valence-electron chi connectivity index (χ2n) is 15.9. The van der Waals surface area contributed by atoms with Gasteiger partial charge in [0.15, 0.2) is 6.29 Å². The number of carbonyl (C=O) groups excluding carboxylic acids is 1. The number of carbonyl (C=O) groups is 1. The van der Waals surface area contributed by atoms with Crippen LogP contribution in [0, 0.1) is 0 Å². The molecule has 0 saturated carbocycles. The van der Waals surface area contributed by atoms with E-state index in [1.807, 2.05) is 91.0 Å². The molecular weight excluding hydrogens is 785 g/mol. The van der Waals surface area contributed by atoms with Crippen LogP contribution < -0.4 is 0 Å². The number of esters is 1. The fourth-order valence-corrected chi connectivity index (χ4v) is 8.06. The number of ether oxygens (including phenoxy) is 6. The van der Waals surface area contributed by atoms with Crippen LogP contribution in [-0.2, 0) is 63.2 Å². The first-order valence-electron chi connectivity index (χ1n) is 22.2. The number of benzene rings is 3. The summed E-state index contributed by atoms with van der Waals surface area (Å²) in [6.45, 7) is 2.01. The molecule has 4 rings (SSSR count). The summed E-state index contributed by atoms with van der Waals surface area (Å²) in [6.07, 6.45) is 12.2. The average molecular weight is 855 g/mol. The zero-order valence-electron chi connectivity index (χ0n) is 35.7. The van der Waals surface area contributed by atoms with Crippen molar-refractivity contribution in [3.63, 3.8) is 0 Å². The highest BCUT2D eigenvalue weighted by Gasteiger charge is 2.50. The van der Waals surface area contributed by atoms with Crippen LogP contribution in [0.25, 0.3) is 0 Å². The molecule has 0 bridgehead atoms. The molecule has 11 nitrogen and oxygen atoms in total. The molecule has 6 atom stereocenters. The highest BCUT2D eigenvalue weighted by molar-refractivity contribution is 7.85. The van der Waals surface area contributed by atoms with Crippen LogP contribution in [0.4, 0.5) is 0 Å². The van der Waals surface area contributed by atoms with Crippen molar-refractivity contribution in [2.24, 2.45) is 0 Å². The second-order valence-corrected chi connectivity index (χ2v) is 17.4. The number of rotatable bonds is 32. The molecule has 0 spiro atoms. The van der Waals surface area contributed by atoms with Gasteiger partial charge in [-0.1, -0.05) is 188 Å². The Kier molecular flexibility index (Phi) is 24.0. The highest BCUT2D eigenvalue weighted by atomic mass is 32.2. The van der Waals surface area contributed by atoms with Crippen LogP contribution in [0.15, 0.2) is 91.0 Å². The van der Waals surface area contributed by atoms with E-state index < -0.39 is 52.7 Å². The fourth-order valence-electron chi connectivity index (χ4n) is 7.38. The van der Waals surface area contributed by atoms with Crippen molar-refractivity contribution in [2.75, 3.05) is 19.0 Å². The van der Waals surface area contributed by atoms with Crippen molar-refractivity contribution in [1.29, 1.82) is 0 Å². The average Bonchev–Trinajstić information content (AvgIpc) is 3.25. The molecule has 1 aliphatic rings. The van der Waals surface area contributed by atoms with Gasteiger partial charge in [-0.3, -0.25) is 9.35 Å².